The van der Waals surface area contributed by atoms with Gasteiger partial charge in [0.25, 0.3) is 5.91 Å². The normalized spacial score (nSPS) is 20.1. The number of hydrogen-bond donors (Lipinski definition) is 2. The second kappa shape index (κ2) is 6.00. The first-order chi connectivity index (χ1) is 8.66. The van der Waals surface area contributed by atoms with Gasteiger partial charge in [0.15, 0.2) is 0 Å². The van der Waals surface area contributed by atoms with Crippen molar-refractivity contribution in [2.45, 2.75) is 32.7 Å². The number of carbonyl (C=O) groups is 1. The number of carbonyl (C=O) groups excluding carboxylic acids is 1. The Morgan fingerprint density at radius 2 is 2.50 bits per heavy atom. The zero-order chi connectivity index (χ0) is 13.0. The van der Waals surface area contributed by atoms with Gasteiger partial charge in [-0.1, -0.05) is 13.8 Å². The Bertz CT molecular complexity index is 393. The maximum Gasteiger partial charge on any atom is 0.271 e. The summed E-state index contributed by atoms with van der Waals surface area (Å²) in [4.78, 5) is 11.8. The van der Waals surface area contributed by atoms with Crippen LogP contribution in [0.25, 0.3) is 0 Å². The van der Waals surface area contributed by atoms with Crippen LogP contribution in [0.4, 0.5) is 0 Å². The molecule has 1 atom stereocenters. The summed E-state index contributed by atoms with van der Waals surface area (Å²) in [5.74, 6) is 0.379. The summed E-state index contributed by atoms with van der Waals surface area (Å²) in [5, 5.41) is 10.6. The summed E-state index contributed by atoms with van der Waals surface area (Å²) in [6.45, 7) is 6.87. The van der Waals surface area contributed by atoms with Gasteiger partial charge in [0.2, 0.25) is 0 Å². The number of nitrogens with zero attached hydrogens (tertiary/aromatic N) is 2. The molecule has 2 N–H and O–H groups in total. The molecule has 0 saturated carbocycles. The Labute approximate surface area is 108 Å². The van der Waals surface area contributed by atoms with E-state index in [9.17, 15) is 4.79 Å². The predicted octanol–water partition coefficient (Wildman–Crippen LogP) is 1.19. The molecule has 1 aliphatic rings. The average molecular weight is 250 g/mol. The minimum atomic E-state index is -0.0776. The van der Waals surface area contributed by atoms with Crippen molar-refractivity contribution in [3.05, 3.63) is 18.0 Å². The molecule has 1 aromatic rings. The second-order valence-electron chi connectivity index (χ2n) is 5.29. The van der Waals surface area contributed by atoms with Crippen LogP contribution in [0, 0.1) is 5.92 Å². The van der Waals surface area contributed by atoms with Crippen molar-refractivity contribution in [1.82, 2.24) is 20.4 Å². The van der Waals surface area contributed by atoms with Crippen LogP contribution in [0.15, 0.2) is 12.3 Å². The molecule has 100 valence electrons. The summed E-state index contributed by atoms with van der Waals surface area (Å²) in [5.41, 5.74) is 0.515. The van der Waals surface area contributed by atoms with Gasteiger partial charge in [0, 0.05) is 19.3 Å². The second-order valence-corrected chi connectivity index (χ2v) is 5.29. The molecule has 1 fully saturated rings. The zero-order valence-corrected chi connectivity index (χ0v) is 11.1. The van der Waals surface area contributed by atoms with Crippen molar-refractivity contribution in [2.75, 3.05) is 19.6 Å². The highest BCUT2D eigenvalue weighted by Crippen LogP contribution is 2.15. The van der Waals surface area contributed by atoms with Crippen molar-refractivity contribution in [1.29, 1.82) is 0 Å². The highest BCUT2D eigenvalue weighted by atomic mass is 16.1. The van der Waals surface area contributed by atoms with E-state index in [4.69, 9.17) is 0 Å². The van der Waals surface area contributed by atoms with E-state index in [0.717, 1.165) is 19.5 Å². The van der Waals surface area contributed by atoms with Gasteiger partial charge in [0.1, 0.15) is 5.69 Å². The van der Waals surface area contributed by atoms with Gasteiger partial charge in [0.05, 0.1) is 6.04 Å². The molecule has 0 radical (unpaired) electrons. The van der Waals surface area contributed by atoms with Crippen molar-refractivity contribution < 1.29 is 4.79 Å². The van der Waals surface area contributed by atoms with Gasteiger partial charge in [-0.3, -0.25) is 9.48 Å². The first-order valence-electron chi connectivity index (χ1n) is 6.71. The molecule has 2 heterocycles. The van der Waals surface area contributed by atoms with E-state index in [-0.39, 0.29) is 5.91 Å². The summed E-state index contributed by atoms with van der Waals surface area (Å²) in [6, 6.07) is 2.18. The molecule has 0 bridgehead atoms. The van der Waals surface area contributed by atoms with Crippen LogP contribution in [0.5, 0.6) is 0 Å². The molecule has 2 rings (SSSR count). The molecule has 1 aliphatic heterocycles. The smallest absolute Gasteiger partial charge is 0.271 e. The highest BCUT2D eigenvalue weighted by molar-refractivity contribution is 5.92. The minimum absolute atomic E-state index is 0.0776. The van der Waals surface area contributed by atoms with E-state index in [1.165, 1.54) is 6.42 Å². The first-order valence-corrected chi connectivity index (χ1v) is 6.71. The van der Waals surface area contributed by atoms with Gasteiger partial charge in [-0.15, -0.1) is 0 Å². The molecule has 1 aromatic heterocycles. The maximum absolute atomic E-state index is 11.8. The molecule has 1 saturated heterocycles. The molecule has 18 heavy (non-hydrogen) atoms. The summed E-state index contributed by atoms with van der Waals surface area (Å²) >= 11 is 0. The van der Waals surface area contributed by atoms with E-state index < -0.39 is 0 Å². The Morgan fingerprint density at radius 3 is 3.17 bits per heavy atom. The number of piperidine rings is 1. The summed E-state index contributed by atoms with van der Waals surface area (Å²) < 4.78 is 1.91. The molecular formula is C13H22N4O. The Hall–Kier alpha value is -1.36. The lowest BCUT2D eigenvalue weighted by molar-refractivity contribution is 0.0942. The maximum atomic E-state index is 11.8. The third kappa shape index (κ3) is 3.32. The van der Waals surface area contributed by atoms with Gasteiger partial charge in [-0.2, -0.15) is 5.10 Å². The summed E-state index contributed by atoms with van der Waals surface area (Å²) in [6.07, 6.45) is 4.20. The zero-order valence-electron chi connectivity index (χ0n) is 11.1. The third-order valence-electron chi connectivity index (χ3n) is 3.16. The van der Waals surface area contributed by atoms with Crippen LogP contribution in [-0.2, 0) is 0 Å². The Balaban J connectivity index is 1.94. The van der Waals surface area contributed by atoms with E-state index in [2.05, 4.69) is 29.6 Å². The van der Waals surface area contributed by atoms with Crippen molar-refractivity contribution >= 4 is 5.91 Å². The molecule has 0 aliphatic carbocycles. The number of rotatable bonds is 4. The lowest BCUT2D eigenvalue weighted by Crippen LogP contribution is -2.32. The fourth-order valence-corrected chi connectivity index (χ4v) is 2.11. The molecule has 5 heteroatoms. The van der Waals surface area contributed by atoms with E-state index in [1.54, 1.807) is 6.07 Å². The molecule has 1 unspecified atom stereocenters. The van der Waals surface area contributed by atoms with Gasteiger partial charge in [-0.05, 0) is 31.4 Å². The molecular weight excluding hydrogens is 228 g/mol. The number of amides is 1. The van der Waals surface area contributed by atoms with Crippen LogP contribution in [0.3, 0.4) is 0 Å². The van der Waals surface area contributed by atoms with Crippen LogP contribution in [0.2, 0.25) is 0 Å². The van der Waals surface area contributed by atoms with Gasteiger partial charge < -0.3 is 10.6 Å². The summed E-state index contributed by atoms with van der Waals surface area (Å²) in [7, 11) is 0. The van der Waals surface area contributed by atoms with Crippen LogP contribution >= 0.6 is 0 Å². The first kappa shape index (κ1) is 13.1. The third-order valence-corrected chi connectivity index (χ3v) is 3.16. The van der Waals surface area contributed by atoms with E-state index >= 15 is 0 Å². The molecule has 5 nitrogen and oxygen atoms in total. The lowest BCUT2D eigenvalue weighted by Gasteiger charge is -2.22. The fraction of sp³-hybridized carbons (Fsp3) is 0.692. The van der Waals surface area contributed by atoms with Crippen LogP contribution in [0.1, 0.15) is 43.2 Å². The largest absolute Gasteiger partial charge is 0.350 e. The Morgan fingerprint density at radius 1 is 1.67 bits per heavy atom. The van der Waals surface area contributed by atoms with Gasteiger partial charge in [-0.25, -0.2) is 0 Å². The average Bonchev–Trinajstić information content (AvgIpc) is 2.86. The SMILES string of the molecule is CC(C)CNC(=O)c1ccn(C2CCCNC2)n1. The number of hydrogen-bond acceptors (Lipinski definition) is 3. The molecule has 0 spiro atoms. The number of aromatic nitrogens is 2. The minimum Gasteiger partial charge on any atom is -0.350 e. The Kier molecular flexibility index (Phi) is 4.36. The highest BCUT2D eigenvalue weighted by Gasteiger charge is 2.17. The predicted molar refractivity (Wildman–Crippen MR) is 70.5 cm³/mol. The quantitative estimate of drug-likeness (QED) is 0.844. The van der Waals surface area contributed by atoms with Crippen molar-refractivity contribution in [3.63, 3.8) is 0 Å². The standard InChI is InChI=1S/C13H22N4O/c1-10(2)8-15-13(18)12-5-7-17(16-12)11-4-3-6-14-9-11/h5,7,10-11,14H,3-4,6,8-9H2,1-2H3,(H,15,18). The lowest BCUT2D eigenvalue weighted by atomic mass is 10.1. The van der Waals surface area contributed by atoms with Crippen molar-refractivity contribution in [2.24, 2.45) is 5.92 Å². The van der Waals surface area contributed by atoms with Crippen LogP contribution < -0.4 is 10.6 Å². The topological polar surface area (TPSA) is 59.0 Å². The molecule has 1 amide bonds. The number of nitrogens with one attached hydrogen (secondary N) is 2. The van der Waals surface area contributed by atoms with Crippen molar-refractivity contribution in [3.8, 4) is 0 Å². The monoisotopic (exact) mass is 250 g/mol. The fourth-order valence-electron chi connectivity index (χ4n) is 2.11. The van der Waals surface area contributed by atoms with Gasteiger partial charge >= 0.3 is 0 Å². The van der Waals surface area contributed by atoms with E-state index in [1.807, 2.05) is 10.9 Å². The van der Waals surface area contributed by atoms with Crippen LogP contribution in [-0.4, -0.2) is 35.3 Å². The molecule has 0 aromatic carbocycles. The van der Waals surface area contributed by atoms with E-state index in [0.29, 0.717) is 24.2 Å².